The summed E-state index contributed by atoms with van der Waals surface area (Å²) in [5.74, 6) is 0.979. The van der Waals surface area contributed by atoms with E-state index < -0.39 is 0 Å². The highest BCUT2D eigenvalue weighted by atomic mass is 35.5. The van der Waals surface area contributed by atoms with E-state index >= 15 is 0 Å². The average molecular weight is 277 g/mol. The van der Waals surface area contributed by atoms with Gasteiger partial charge in [0.1, 0.15) is 0 Å². The predicted octanol–water partition coefficient (Wildman–Crippen LogP) is 1.48. The Balaban J connectivity index is 0.00000162. The molecule has 5 heteroatoms. The summed E-state index contributed by atoms with van der Waals surface area (Å²) in [7, 11) is 0. The van der Waals surface area contributed by atoms with E-state index in [9.17, 15) is 4.79 Å². The molecule has 0 bridgehead atoms. The second-order valence-corrected chi connectivity index (χ2v) is 5.19. The van der Waals surface area contributed by atoms with Crippen LogP contribution < -0.4 is 10.6 Å². The van der Waals surface area contributed by atoms with Gasteiger partial charge in [-0.1, -0.05) is 0 Å². The van der Waals surface area contributed by atoms with Gasteiger partial charge in [-0.2, -0.15) is 0 Å². The first-order chi connectivity index (χ1) is 8.34. The molecule has 2 aliphatic heterocycles. The normalized spacial score (nSPS) is 22.2. The van der Waals surface area contributed by atoms with Crippen molar-refractivity contribution in [2.75, 3.05) is 26.3 Å². The number of hydrogen-bond acceptors (Lipinski definition) is 3. The minimum absolute atomic E-state index is 0. The summed E-state index contributed by atoms with van der Waals surface area (Å²) in [6.07, 6.45) is 6.14. The molecule has 2 rings (SSSR count). The third-order valence-electron chi connectivity index (χ3n) is 3.82. The van der Waals surface area contributed by atoms with Gasteiger partial charge >= 0.3 is 0 Å². The van der Waals surface area contributed by atoms with E-state index in [4.69, 9.17) is 4.74 Å². The molecule has 0 atom stereocenters. The fourth-order valence-corrected chi connectivity index (χ4v) is 2.65. The Morgan fingerprint density at radius 1 is 1.17 bits per heavy atom. The monoisotopic (exact) mass is 276 g/mol. The number of piperidine rings is 1. The number of nitrogens with one attached hydrogen (secondary N) is 2. The van der Waals surface area contributed by atoms with Crippen LogP contribution in [0.4, 0.5) is 0 Å². The maximum atomic E-state index is 11.8. The Bertz CT molecular complexity index is 239. The van der Waals surface area contributed by atoms with Gasteiger partial charge in [-0.15, -0.1) is 12.4 Å². The lowest BCUT2D eigenvalue weighted by molar-refractivity contribution is -0.122. The first kappa shape index (κ1) is 15.7. The van der Waals surface area contributed by atoms with E-state index in [1.165, 1.54) is 12.8 Å². The number of hydrogen-bond donors (Lipinski definition) is 2. The third kappa shape index (κ3) is 5.55. The maximum Gasteiger partial charge on any atom is 0.220 e. The van der Waals surface area contributed by atoms with Gasteiger partial charge in [-0.25, -0.2) is 0 Å². The molecule has 2 fully saturated rings. The summed E-state index contributed by atoms with van der Waals surface area (Å²) in [5, 5.41) is 6.48. The van der Waals surface area contributed by atoms with Crippen LogP contribution in [0.3, 0.4) is 0 Å². The topological polar surface area (TPSA) is 50.4 Å². The number of rotatable bonds is 4. The zero-order chi connectivity index (χ0) is 11.9. The number of halogens is 1. The van der Waals surface area contributed by atoms with E-state index in [-0.39, 0.29) is 18.3 Å². The second-order valence-electron chi connectivity index (χ2n) is 5.19. The molecule has 0 unspecified atom stereocenters. The Labute approximate surface area is 116 Å². The van der Waals surface area contributed by atoms with Crippen molar-refractivity contribution in [3.63, 3.8) is 0 Å². The Morgan fingerprint density at radius 2 is 1.83 bits per heavy atom. The molecule has 4 nitrogen and oxygen atoms in total. The lowest BCUT2D eigenvalue weighted by Crippen LogP contribution is -2.39. The van der Waals surface area contributed by atoms with Crippen LogP contribution in [0.25, 0.3) is 0 Å². The van der Waals surface area contributed by atoms with Crippen molar-refractivity contribution in [1.29, 1.82) is 0 Å². The molecule has 0 aromatic carbocycles. The summed E-state index contributed by atoms with van der Waals surface area (Å²) in [6.45, 7) is 3.82. The van der Waals surface area contributed by atoms with Crippen molar-refractivity contribution in [2.45, 2.75) is 44.6 Å². The van der Waals surface area contributed by atoms with E-state index in [0.29, 0.717) is 12.5 Å². The van der Waals surface area contributed by atoms with Gasteiger partial charge in [0.15, 0.2) is 0 Å². The SMILES string of the molecule is Cl.O=C(CCC1CCNCC1)NC1CCOCC1. The van der Waals surface area contributed by atoms with Gasteiger partial charge in [-0.05, 0) is 51.1 Å². The summed E-state index contributed by atoms with van der Waals surface area (Å²) in [6, 6.07) is 0.351. The van der Waals surface area contributed by atoms with Crippen LogP contribution >= 0.6 is 12.4 Å². The summed E-state index contributed by atoms with van der Waals surface area (Å²) in [5.41, 5.74) is 0. The summed E-state index contributed by atoms with van der Waals surface area (Å²) >= 11 is 0. The summed E-state index contributed by atoms with van der Waals surface area (Å²) < 4.78 is 5.28. The quantitative estimate of drug-likeness (QED) is 0.818. The van der Waals surface area contributed by atoms with Crippen molar-refractivity contribution in [1.82, 2.24) is 10.6 Å². The molecule has 1 amide bonds. The highest BCUT2D eigenvalue weighted by molar-refractivity contribution is 5.85. The molecule has 0 spiro atoms. The Morgan fingerprint density at radius 3 is 2.50 bits per heavy atom. The average Bonchev–Trinajstić information content (AvgIpc) is 2.39. The van der Waals surface area contributed by atoms with Crippen LogP contribution in [0, 0.1) is 5.92 Å². The van der Waals surface area contributed by atoms with Gasteiger partial charge in [-0.3, -0.25) is 4.79 Å². The minimum Gasteiger partial charge on any atom is -0.381 e. The molecule has 0 aromatic rings. The number of ether oxygens (including phenoxy) is 1. The third-order valence-corrected chi connectivity index (χ3v) is 3.82. The molecule has 0 aliphatic carbocycles. The fraction of sp³-hybridized carbons (Fsp3) is 0.923. The van der Waals surface area contributed by atoms with Crippen LogP contribution in [0.1, 0.15) is 38.5 Å². The Hall–Kier alpha value is -0.320. The van der Waals surface area contributed by atoms with E-state index in [0.717, 1.165) is 51.5 Å². The van der Waals surface area contributed by atoms with E-state index in [1.807, 2.05) is 0 Å². The number of carbonyl (C=O) groups excluding carboxylic acids is 1. The number of amides is 1. The molecule has 0 aromatic heterocycles. The van der Waals surface area contributed by atoms with Gasteiger partial charge in [0.25, 0.3) is 0 Å². The highest BCUT2D eigenvalue weighted by Crippen LogP contribution is 2.17. The van der Waals surface area contributed by atoms with Crippen LogP contribution in [-0.2, 0) is 9.53 Å². The van der Waals surface area contributed by atoms with Crippen molar-refractivity contribution in [2.24, 2.45) is 5.92 Å². The number of carbonyl (C=O) groups is 1. The molecule has 0 radical (unpaired) electrons. The molecule has 2 saturated heterocycles. The fourth-order valence-electron chi connectivity index (χ4n) is 2.65. The lowest BCUT2D eigenvalue weighted by atomic mass is 9.93. The van der Waals surface area contributed by atoms with Crippen molar-refractivity contribution >= 4 is 18.3 Å². The van der Waals surface area contributed by atoms with Crippen molar-refractivity contribution in [3.05, 3.63) is 0 Å². The van der Waals surface area contributed by atoms with Gasteiger partial charge in [0.2, 0.25) is 5.91 Å². The van der Waals surface area contributed by atoms with E-state index in [2.05, 4.69) is 10.6 Å². The molecule has 18 heavy (non-hydrogen) atoms. The molecule has 2 aliphatic rings. The zero-order valence-corrected chi connectivity index (χ0v) is 11.8. The minimum atomic E-state index is 0. The van der Waals surface area contributed by atoms with Gasteiger partial charge in [0.05, 0.1) is 0 Å². The molecular weight excluding hydrogens is 252 g/mol. The summed E-state index contributed by atoms with van der Waals surface area (Å²) in [4.78, 5) is 11.8. The largest absolute Gasteiger partial charge is 0.381 e. The van der Waals surface area contributed by atoms with Gasteiger partial charge < -0.3 is 15.4 Å². The van der Waals surface area contributed by atoms with E-state index in [1.54, 1.807) is 0 Å². The molecule has 2 N–H and O–H groups in total. The van der Waals surface area contributed by atoms with Gasteiger partial charge in [0, 0.05) is 25.7 Å². The zero-order valence-electron chi connectivity index (χ0n) is 11.0. The van der Waals surface area contributed by atoms with Crippen LogP contribution in [0.15, 0.2) is 0 Å². The first-order valence-corrected chi connectivity index (χ1v) is 6.92. The van der Waals surface area contributed by atoms with Crippen LogP contribution in [0.2, 0.25) is 0 Å². The molecular formula is C13H25ClN2O2. The van der Waals surface area contributed by atoms with Crippen molar-refractivity contribution < 1.29 is 9.53 Å². The lowest BCUT2D eigenvalue weighted by Gasteiger charge is -2.25. The smallest absolute Gasteiger partial charge is 0.220 e. The van der Waals surface area contributed by atoms with Crippen LogP contribution in [0.5, 0.6) is 0 Å². The molecule has 2 heterocycles. The highest BCUT2D eigenvalue weighted by Gasteiger charge is 2.18. The predicted molar refractivity (Wildman–Crippen MR) is 74.1 cm³/mol. The standard InChI is InChI=1S/C13H24N2O2.ClH/c16-13(15-12-5-9-17-10-6-12)2-1-11-3-7-14-8-4-11;/h11-12,14H,1-10H2,(H,15,16);1H. The maximum absolute atomic E-state index is 11.8. The molecule has 106 valence electrons. The first-order valence-electron chi connectivity index (χ1n) is 6.92. The Kier molecular flexibility index (Phi) is 7.63. The molecule has 0 saturated carbocycles. The second kappa shape index (κ2) is 8.73. The van der Waals surface area contributed by atoms with Crippen LogP contribution in [-0.4, -0.2) is 38.3 Å². The van der Waals surface area contributed by atoms with Crippen molar-refractivity contribution in [3.8, 4) is 0 Å².